The Labute approximate surface area is 316 Å². The maximum atomic E-state index is 13.1. The number of piperidine rings is 2. The van der Waals surface area contributed by atoms with Gasteiger partial charge in [0.1, 0.15) is 11.8 Å². The first kappa shape index (κ1) is 34.5. The van der Waals surface area contributed by atoms with Crippen LogP contribution < -0.4 is 15.1 Å². The van der Waals surface area contributed by atoms with E-state index in [1.54, 1.807) is 4.90 Å². The van der Waals surface area contributed by atoms with Gasteiger partial charge in [-0.15, -0.1) is 0 Å². The average Bonchev–Trinajstić information content (AvgIpc) is 3.53. The molecule has 3 aromatic carbocycles. The standard InChI is InChI=1S/C44H48N6O4/c51-36-9-12-37-31(25-36)5-10-38(32-2-1-17-45-26-32)42(37)30-3-6-34(7-4-30)48-18-15-29(16-19-48)27-47-20-22-49(23-21-47)35-8-11-39-33(24-35)28-50(44(39)54)40-13-14-41(52)46-43(40)53/h1-4,6-9,11-12,17,24-26,29,38,40,42,51H,5,10,13-16,18-23,27-28H2,(H,46,52,53)/t38-,40+,42-/m0/s1. The highest BCUT2D eigenvalue weighted by Crippen LogP contribution is 2.47. The highest BCUT2D eigenvalue weighted by molar-refractivity contribution is 6.05. The Hall–Kier alpha value is -5.22. The van der Waals surface area contributed by atoms with E-state index in [4.69, 9.17) is 0 Å². The van der Waals surface area contributed by atoms with Gasteiger partial charge in [-0.2, -0.15) is 0 Å². The molecule has 3 atom stereocenters. The fraction of sp³-hybridized carbons (Fsp3) is 0.409. The van der Waals surface area contributed by atoms with E-state index in [2.05, 4.69) is 67.5 Å². The predicted molar refractivity (Wildman–Crippen MR) is 208 cm³/mol. The zero-order valence-corrected chi connectivity index (χ0v) is 30.7. The highest BCUT2D eigenvalue weighted by Gasteiger charge is 2.39. The van der Waals surface area contributed by atoms with Crippen LogP contribution in [0.1, 0.15) is 82.1 Å². The molecule has 54 heavy (non-hydrogen) atoms. The van der Waals surface area contributed by atoms with Crippen LogP contribution in [0, 0.1) is 5.92 Å². The minimum absolute atomic E-state index is 0.123. The lowest BCUT2D eigenvalue weighted by molar-refractivity contribution is -0.136. The molecule has 0 unspecified atom stereocenters. The van der Waals surface area contributed by atoms with Gasteiger partial charge in [-0.3, -0.25) is 29.6 Å². The zero-order chi connectivity index (χ0) is 36.8. The number of benzene rings is 3. The molecule has 4 aromatic rings. The largest absolute Gasteiger partial charge is 0.508 e. The summed E-state index contributed by atoms with van der Waals surface area (Å²) in [5, 5.41) is 12.6. The van der Waals surface area contributed by atoms with Crippen molar-refractivity contribution in [2.45, 2.75) is 62.9 Å². The summed E-state index contributed by atoms with van der Waals surface area (Å²) >= 11 is 0. The number of imide groups is 1. The fourth-order valence-electron chi connectivity index (χ4n) is 9.75. The van der Waals surface area contributed by atoms with E-state index < -0.39 is 6.04 Å². The molecular formula is C44H48N6O4. The molecule has 5 aliphatic rings. The molecule has 1 aliphatic carbocycles. The Morgan fingerprint density at radius 2 is 1.52 bits per heavy atom. The molecular weight excluding hydrogens is 677 g/mol. The van der Waals surface area contributed by atoms with Crippen LogP contribution in [0.4, 0.5) is 11.4 Å². The molecule has 5 heterocycles. The van der Waals surface area contributed by atoms with Crippen LogP contribution in [-0.4, -0.2) is 89.5 Å². The summed E-state index contributed by atoms with van der Waals surface area (Å²) in [6.07, 6.45) is 8.86. The molecule has 0 bridgehead atoms. The normalized spacial score (nSPS) is 23.7. The van der Waals surface area contributed by atoms with Crippen molar-refractivity contribution in [1.29, 1.82) is 0 Å². The summed E-state index contributed by atoms with van der Waals surface area (Å²) < 4.78 is 0. The Balaban J connectivity index is 0.780. The lowest BCUT2D eigenvalue weighted by Gasteiger charge is -2.40. The first-order valence-electron chi connectivity index (χ1n) is 19.7. The lowest BCUT2D eigenvalue weighted by atomic mass is 9.69. The average molecular weight is 725 g/mol. The molecule has 0 spiro atoms. The SMILES string of the molecule is O=C1CC[C@@H](N2Cc3cc(N4CCN(CC5CCN(c6ccc([C@H]7c8ccc(O)cc8CC[C@H]7c7cccnc7)cc6)CC5)CC4)ccc3C2=O)C(=O)N1. The number of rotatable bonds is 7. The number of hydrogen-bond acceptors (Lipinski definition) is 8. The number of aromatic hydroxyl groups is 1. The number of fused-ring (bicyclic) bond motifs is 2. The van der Waals surface area contributed by atoms with Gasteiger partial charge in [-0.05, 0) is 120 Å². The first-order chi connectivity index (χ1) is 26.4. The summed E-state index contributed by atoms with van der Waals surface area (Å²) in [6.45, 7) is 7.60. The number of amides is 3. The van der Waals surface area contributed by atoms with Crippen LogP contribution in [0.2, 0.25) is 0 Å². The van der Waals surface area contributed by atoms with Gasteiger partial charge >= 0.3 is 0 Å². The monoisotopic (exact) mass is 724 g/mol. The van der Waals surface area contributed by atoms with Gasteiger partial charge in [0.15, 0.2) is 0 Å². The number of phenols is 1. The number of nitrogens with zero attached hydrogens (tertiary/aromatic N) is 5. The van der Waals surface area contributed by atoms with Crippen LogP contribution in [0.15, 0.2) is 85.2 Å². The van der Waals surface area contributed by atoms with E-state index in [1.165, 1.54) is 40.8 Å². The van der Waals surface area contributed by atoms with Crippen LogP contribution in [0.3, 0.4) is 0 Å². The van der Waals surface area contributed by atoms with Crippen molar-refractivity contribution in [3.63, 3.8) is 0 Å². The first-order valence-corrected chi connectivity index (χ1v) is 19.7. The Morgan fingerprint density at radius 1 is 0.741 bits per heavy atom. The molecule has 0 saturated carbocycles. The molecule has 10 nitrogen and oxygen atoms in total. The van der Waals surface area contributed by atoms with Gasteiger partial charge in [-0.1, -0.05) is 24.3 Å². The van der Waals surface area contributed by atoms with E-state index in [-0.39, 0.29) is 30.1 Å². The number of piperazine rings is 1. The smallest absolute Gasteiger partial charge is 0.255 e. The zero-order valence-electron chi connectivity index (χ0n) is 30.7. The Morgan fingerprint density at radius 3 is 2.28 bits per heavy atom. The van der Waals surface area contributed by atoms with Crippen molar-refractivity contribution in [1.82, 2.24) is 20.1 Å². The predicted octanol–water partition coefficient (Wildman–Crippen LogP) is 5.45. The summed E-state index contributed by atoms with van der Waals surface area (Å²) in [6, 6.07) is 24.9. The highest BCUT2D eigenvalue weighted by atomic mass is 16.3. The number of anilines is 2. The van der Waals surface area contributed by atoms with Crippen molar-refractivity contribution in [3.8, 4) is 5.75 Å². The fourth-order valence-corrected chi connectivity index (χ4v) is 9.75. The Kier molecular flexibility index (Phi) is 9.31. The summed E-state index contributed by atoms with van der Waals surface area (Å²) in [7, 11) is 0. The van der Waals surface area contributed by atoms with Gasteiger partial charge in [0.2, 0.25) is 11.8 Å². The van der Waals surface area contributed by atoms with Gasteiger partial charge in [0.05, 0.1) is 0 Å². The van der Waals surface area contributed by atoms with Gasteiger partial charge < -0.3 is 19.8 Å². The van der Waals surface area contributed by atoms with E-state index >= 15 is 0 Å². The summed E-state index contributed by atoms with van der Waals surface area (Å²) in [5.74, 6) is 0.830. The van der Waals surface area contributed by atoms with Crippen molar-refractivity contribution in [2.75, 3.05) is 55.6 Å². The molecule has 3 saturated heterocycles. The van der Waals surface area contributed by atoms with E-state index in [9.17, 15) is 19.5 Å². The van der Waals surface area contributed by atoms with Crippen LogP contribution in [-0.2, 0) is 22.6 Å². The van der Waals surface area contributed by atoms with Crippen LogP contribution in [0.25, 0.3) is 0 Å². The second-order valence-electron chi connectivity index (χ2n) is 15.8. The Bertz CT molecular complexity index is 2040. The number of phenolic OH excluding ortho intramolecular Hbond substituents is 1. The van der Waals surface area contributed by atoms with E-state index in [1.807, 2.05) is 42.7 Å². The molecule has 278 valence electrons. The number of nitrogens with one attached hydrogen (secondary N) is 1. The number of pyridine rings is 1. The number of carbonyl (C=O) groups is 3. The molecule has 9 rings (SSSR count). The molecule has 3 amide bonds. The van der Waals surface area contributed by atoms with Crippen molar-refractivity contribution < 1.29 is 19.5 Å². The molecule has 4 aliphatic heterocycles. The van der Waals surface area contributed by atoms with Crippen LogP contribution in [0.5, 0.6) is 5.75 Å². The molecule has 3 fully saturated rings. The maximum Gasteiger partial charge on any atom is 0.255 e. The third-order valence-corrected chi connectivity index (χ3v) is 12.7. The van der Waals surface area contributed by atoms with Gasteiger partial charge in [-0.25, -0.2) is 0 Å². The van der Waals surface area contributed by atoms with Gasteiger partial charge in [0, 0.05) is 94.0 Å². The summed E-state index contributed by atoms with van der Waals surface area (Å²) in [5.41, 5.74) is 9.19. The summed E-state index contributed by atoms with van der Waals surface area (Å²) in [4.78, 5) is 50.9. The van der Waals surface area contributed by atoms with E-state index in [0.717, 1.165) is 69.9 Å². The van der Waals surface area contributed by atoms with Crippen molar-refractivity contribution in [3.05, 3.63) is 119 Å². The van der Waals surface area contributed by atoms with Crippen molar-refractivity contribution in [2.24, 2.45) is 5.92 Å². The molecule has 10 heteroatoms. The minimum atomic E-state index is -0.587. The maximum absolute atomic E-state index is 13.1. The lowest BCUT2D eigenvalue weighted by Crippen LogP contribution is -2.52. The van der Waals surface area contributed by atoms with Crippen LogP contribution >= 0.6 is 0 Å². The minimum Gasteiger partial charge on any atom is -0.508 e. The second kappa shape index (κ2) is 14.5. The topological polar surface area (TPSA) is 109 Å². The third-order valence-electron chi connectivity index (χ3n) is 12.7. The second-order valence-corrected chi connectivity index (χ2v) is 15.8. The number of hydrogen-bond donors (Lipinski definition) is 2. The molecule has 1 aromatic heterocycles. The third kappa shape index (κ3) is 6.72. The van der Waals surface area contributed by atoms with Gasteiger partial charge in [0.25, 0.3) is 5.91 Å². The number of aromatic nitrogens is 1. The molecule has 2 N–H and O–H groups in total. The van der Waals surface area contributed by atoms with Crippen molar-refractivity contribution >= 4 is 29.1 Å². The molecule has 0 radical (unpaired) electrons. The number of carbonyl (C=O) groups excluding carboxylic acids is 3. The quantitative estimate of drug-likeness (QED) is 0.243. The van der Waals surface area contributed by atoms with E-state index in [0.29, 0.717) is 36.1 Å². The number of aryl methyl sites for hydroxylation is 1.